The molecule has 1 saturated heterocycles. The molecule has 2 N–H and O–H groups in total. The molecular formula is C24H22F3N9O3. The molecule has 0 aliphatic carbocycles. The predicted octanol–water partition coefficient (Wildman–Crippen LogP) is 4.30. The third-order valence-electron chi connectivity index (χ3n) is 6.04. The number of hydrogen-bond acceptors (Lipinski definition) is 9. The van der Waals surface area contributed by atoms with Gasteiger partial charge in [-0.25, -0.2) is 9.97 Å². The molecule has 4 aromatic heterocycles. The van der Waals surface area contributed by atoms with E-state index in [4.69, 9.17) is 9.47 Å². The molecule has 0 saturated carbocycles. The van der Waals surface area contributed by atoms with Gasteiger partial charge in [-0.3, -0.25) is 9.48 Å². The van der Waals surface area contributed by atoms with Crippen LogP contribution in [0, 0.1) is 11.3 Å². The Kier molecular flexibility index (Phi) is 6.79. The molecule has 0 aromatic carbocycles. The van der Waals surface area contributed by atoms with E-state index in [-0.39, 0.29) is 40.5 Å². The highest BCUT2D eigenvalue weighted by Gasteiger charge is 2.38. The fourth-order valence-corrected chi connectivity index (χ4v) is 4.29. The van der Waals surface area contributed by atoms with Crippen molar-refractivity contribution < 1.29 is 27.4 Å². The molecule has 0 atom stereocenters. The first kappa shape index (κ1) is 25.9. The van der Waals surface area contributed by atoms with Crippen molar-refractivity contribution in [3.05, 3.63) is 41.9 Å². The summed E-state index contributed by atoms with van der Waals surface area (Å²) in [5.41, 5.74) is -0.297. The zero-order valence-corrected chi connectivity index (χ0v) is 20.8. The van der Waals surface area contributed by atoms with Crippen LogP contribution in [0.4, 0.5) is 30.8 Å². The lowest BCUT2D eigenvalue weighted by molar-refractivity contribution is -0.145. The summed E-state index contributed by atoms with van der Waals surface area (Å²) in [7, 11) is 1.59. The van der Waals surface area contributed by atoms with Gasteiger partial charge in [-0.15, -0.1) is 0 Å². The van der Waals surface area contributed by atoms with Crippen LogP contribution in [-0.4, -0.2) is 48.4 Å². The van der Waals surface area contributed by atoms with Crippen LogP contribution in [0.3, 0.4) is 0 Å². The van der Waals surface area contributed by atoms with E-state index >= 15 is 0 Å². The largest absolute Gasteiger partial charge is 0.454 e. The van der Waals surface area contributed by atoms with E-state index in [2.05, 4.69) is 36.8 Å². The van der Waals surface area contributed by atoms with Gasteiger partial charge in [0.05, 0.1) is 12.2 Å². The summed E-state index contributed by atoms with van der Waals surface area (Å²) < 4.78 is 55.0. The smallest absolute Gasteiger partial charge is 0.433 e. The minimum Gasteiger partial charge on any atom is -0.454 e. The second-order valence-electron chi connectivity index (χ2n) is 8.76. The summed E-state index contributed by atoms with van der Waals surface area (Å²) in [6, 6.07) is 5.59. The second-order valence-corrected chi connectivity index (χ2v) is 8.76. The van der Waals surface area contributed by atoms with Crippen molar-refractivity contribution in [3.63, 3.8) is 0 Å². The van der Waals surface area contributed by atoms with E-state index < -0.39 is 17.9 Å². The lowest BCUT2D eigenvalue weighted by Crippen LogP contribution is -2.25. The molecule has 12 nitrogen and oxygen atoms in total. The number of fused-ring (bicyclic) bond motifs is 1. The van der Waals surface area contributed by atoms with Crippen LogP contribution in [0.5, 0.6) is 11.5 Å². The highest BCUT2D eigenvalue weighted by Crippen LogP contribution is 2.36. The average Bonchev–Trinajstić information content (AvgIpc) is 3.46. The van der Waals surface area contributed by atoms with Crippen molar-refractivity contribution in [2.24, 2.45) is 7.05 Å². The number of nitriles is 1. The first-order valence-electron chi connectivity index (χ1n) is 11.8. The number of imidazole rings is 1. The van der Waals surface area contributed by atoms with Crippen molar-refractivity contribution >= 4 is 34.7 Å². The lowest BCUT2D eigenvalue weighted by Gasteiger charge is -2.24. The molecule has 5 rings (SSSR count). The first-order chi connectivity index (χ1) is 18.6. The third-order valence-corrected chi connectivity index (χ3v) is 6.04. The number of halogens is 3. The van der Waals surface area contributed by atoms with Crippen molar-refractivity contribution in [2.75, 3.05) is 23.8 Å². The molecule has 5 heterocycles. The van der Waals surface area contributed by atoms with Gasteiger partial charge in [-0.05, 0) is 18.9 Å². The van der Waals surface area contributed by atoms with Crippen LogP contribution in [0.25, 0.3) is 11.2 Å². The number of rotatable bonds is 6. The predicted molar refractivity (Wildman–Crippen MR) is 131 cm³/mol. The maximum atomic E-state index is 13.8. The molecule has 0 radical (unpaired) electrons. The third kappa shape index (κ3) is 5.32. The number of pyridine rings is 2. The molecule has 1 aliphatic rings. The van der Waals surface area contributed by atoms with Gasteiger partial charge in [0, 0.05) is 45.5 Å². The number of ether oxygens (including phenoxy) is 2. The average molecular weight is 541 g/mol. The molecular weight excluding hydrogens is 519 g/mol. The molecule has 202 valence electrons. The van der Waals surface area contributed by atoms with Crippen LogP contribution in [0.1, 0.15) is 37.1 Å². The van der Waals surface area contributed by atoms with E-state index in [1.54, 1.807) is 13.1 Å². The van der Waals surface area contributed by atoms with E-state index in [1.165, 1.54) is 30.0 Å². The van der Waals surface area contributed by atoms with Gasteiger partial charge in [-0.1, -0.05) is 0 Å². The summed E-state index contributed by atoms with van der Waals surface area (Å²) in [6.45, 7) is 2.06. The number of amides is 1. The lowest BCUT2D eigenvalue weighted by atomic mass is 10.1. The fourth-order valence-electron chi connectivity index (χ4n) is 4.29. The standard InChI is InChI=1S/C24H22F3N9O3/c1-13(37)31-19-9-15(3-6-29-19)39-17-12-30-22-21(16(17)11-28)35(2)23(33-22)32-20-10-18(24(25,26)27)36(34-20)14-4-7-38-8-5-14/h3,6,9-10,12,14H,4-5,7-8H2,1-2H3,(H,29,31,37)(H,30,32,33,34). The molecule has 0 bridgehead atoms. The highest BCUT2D eigenvalue weighted by atomic mass is 19.4. The molecule has 1 aliphatic heterocycles. The number of aryl methyl sites for hydroxylation is 1. The fraction of sp³-hybridized carbons (Fsp3) is 0.333. The monoisotopic (exact) mass is 541 g/mol. The summed E-state index contributed by atoms with van der Waals surface area (Å²) >= 11 is 0. The number of nitrogens with one attached hydrogen (secondary N) is 2. The minimum absolute atomic E-state index is 0.0514. The van der Waals surface area contributed by atoms with Crippen molar-refractivity contribution in [1.82, 2.24) is 29.3 Å². The van der Waals surface area contributed by atoms with Gasteiger partial charge in [0.15, 0.2) is 17.2 Å². The Bertz CT molecular complexity index is 1580. The van der Waals surface area contributed by atoms with E-state index in [0.29, 0.717) is 37.3 Å². The minimum atomic E-state index is -4.61. The van der Waals surface area contributed by atoms with Crippen LogP contribution in [0.2, 0.25) is 0 Å². The van der Waals surface area contributed by atoms with E-state index in [0.717, 1.165) is 10.7 Å². The summed E-state index contributed by atoms with van der Waals surface area (Å²) in [4.78, 5) is 24.0. The number of nitrogens with zero attached hydrogens (tertiary/aromatic N) is 7. The Labute approximate surface area is 219 Å². The quantitative estimate of drug-likeness (QED) is 0.365. The Balaban J connectivity index is 1.47. The molecule has 0 unspecified atom stereocenters. The number of aromatic nitrogens is 6. The van der Waals surface area contributed by atoms with E-state index in [1.807, 2.05) is 0 Å². The van der Waals surface area contributed by atoms with Crippen LogP contribution < -0.4 is 15.4 Å². The first-order valence-corrected chi connectivity index (χ1v) is 11.8. The number of carbonyl (C=O) groups is 1. The Morgan fingerprint density at radius 3 is 2.69 bits per heavy atom. The molecule has 15 heteroatoms. The maximum Gasteiger partial charge on any atom is 0.433 e. The molecule has 1 fully saturated rings. The highest BCUT2D eigenvalue weighted by molar-refractivity contribution is 5.88. The number of alkyl halides is 3. The van der Waals surface area contributed by atoms with Gasteiger partial charge in [0.25, 0.3) is 0 Å². The molecule has 0 spiro atoms. The Hall–Kier alpha value is -4.71. The van der Waals surface area contributed by atoms with Gasteiger partial charge in [0.2, 0.25) is 11.9 Å². The zero-order valence-electron chi connectivity index (χ0n) is 20.8. The maximum absolute atomic E-state index is 13.8. The van der Waals surface area contributed by atoms with Crippen molar-refractivity contribution in [3.8, 4) is 17.6 Å². The van der Waals surface area contributed by atoms with Crippen LogP contribution in [0.15, 0.2) is 30.6 Å². The van der Waals surface area contributed by atoms with Crippen molar-refractivity contribution in [1.29, 1.82) is 5.26 Å². The van der Waals surface area contributed by atoms with Gasteiger partial charge >= 0.3 is 6.18 Å². The van der Waals surface area contributed by atoms with Crippen LogP contribution >= 0.6 is 0 Å². The summed E-state index contributed by atoms with van der Waals surface area (Å²) in [5, 5.41) is 19.5. The molecule has 39 heavy (non-hydrogen) atoms. The van der Waals surface area contributed by atoms with Gasteiger partial charge in [-0.2, -0.15) is 28.5 Å². The Morgan fingerprint density at radius 1 is 1.23 bits per heavy atom. The normalized spacial score (nSPS) is 14.3. The summed E-state index contributed by atoms with van der Waals surface area (Å²) in [5.74, 6) is 0.444. The van der Waals surface area contributed by atoms with Crippen LogP contribution in [-0.2, 0) is 22.8 Å². The van der Waals surface area contributed by atoms with Crippen molar-refractivity contribution in [2.45, 2.75) is 32.0 Å². The molecule has 1 amide bonds. The zero-order chi connectivity index (χ0) is 27.7. The summed E-state index contributed by atoms with van der Waals surface area (Å²) in [6.07, 6.45) is -1.03. The van der Waals surface area contributed by atoms with E-state index in [9.17, 15) is 23.2 Å². The number of hydrogen-bond donors (Lipinski definition) is 2. The van der Waals surface area contributed by atoms with Gasteiger partial charge in [0.1, 0.15) is 34.4 Å². The molecule has 4 aromatic rings. The Morgan fingerprint density at radius 2 is 2.00 bits per heavy atom. The second kappa shape index (κ2) is 10.2. The SMILES string of the molecule is CC(=O)Nc1cc(Oc2cnc3nc(Nc4cc(C(F)(F)F)n(C5CCOCC5)n4)n(C)c3c2C#N)ccn1. The van der Waals surface area contributed by atoms with Gasteiger partial charge < -0.3 is 24.7 Å². The topological polar surface area (TPSA) is 145 Å². The number of carbonyl (C=O) groups excluding carboxylic acids is 1. The number of anilines is 3.